The third kappa shape index (κ3) is 2.40. The van der Waals surface area contributed by atoms with Crippen LogP contribution in [-0.2, 0) is 9.84 Å². The number of rotatable bonds is 3. The van der Waals surface area contributed by atoms with Gasteiger partial charge in [-0.15, -0.1) is 0 Å². The minimum atomic E-state index is -3.25. The van der Waals surface area contributed by atoms with E-state index in [0.717, 1.165) is 6.26 Å². The smallest absolute Gasteiger partial charge is 0.374 e. The van der Waals surface area contributed by atoms with Crippen LogP contribution >= 0.6 is 0 Å². The van der Waals surface area contributed by atoms with E-state index in [1.807, 2.05) is 0 Å². The van der Waals surface area contributed by atoms with Gasteiger partial charge in [-0.2, -0.15) is 0 Å². The van der Waals surface area contributed by atoms with E-state index in [0.29, 0.717) is 11.3 Å². The normalized spacial score (nSPS) is 11.4. The fourth-order valence-electron chi connectivity index (χ4n) is 1.38. The zero-order valence-electron chi connectivity index (χ0n) is 9.32. The Kier molecular flexibility index (Phi) is 2.92. The molecule has 0 radical (unpaired) electrons. The van der Waals surface area contributed by atoms with Crippen LogP contribution in [0.3, 0.4) is 0 Å². The summed E-state index contributed by atoms with van der Waals surface area (Å²) in [5.74, 6) is -1.47. The number of hydrogen-bond acceptors (Lipinski definition) is 5. The summed E-state index contributed by atoms with van der Waals surface area (Å²) in [5, 5.41) is 12.3. The van der Waals surface area contributed by atoms with Gasteiger partial charge in [0.2, 0.25) is 5.76 Å². The number of aromatic nitrogens is 1. The van der Waals surface area contributed by atoms with E-state index in [2.05, 4.69) is 9.68 Å². The summed E-state index contributed by atoms with van der Waals surface area (Å²) >= 11 is 0. The van der Waals surface area contributed by atoms with Crippen molar-refractivity contribution in [1.29, 1.82) is 0 Å². The van der Waals surface area contributed by atoms with Crippen LogP contribution in [0.2, 0.25) is 0 Å². The maximum Gasteiger partial charge on any atom is 0.374 e. The Labute approximate surface area is 103 Å². The van der Waals surface area contributed by atoms with Gasteiger partial charge in [-0.05, 0) is 12.1 Å². The van der Waals surface area contributed by atoms with E-state index in [4.69, 9.17) is 5.11 Å². The molecule has 0 spiro atoms. The molecule has 6 nitrogen and oxygen atoms in total. The van der Waals surface area contributed by atoms with Crippen molar-refractivity contribution in [2.45, 2.75) is 4.90 Å². The number of sulfone groups is 1. The summed E-state index contributed by atoms with van der Waals surface area (Å²) in [6.07, 6.45) is 1.11. The first-order valence-electron chi connectivity index (χ1n) is 4.88. The van der Waals surface area contributed by atoms with Crippen LogP contribution in [0.15, 0.2) is 39.8 Å². The number of aromatic carboxylic acids is 1. The van der Waals surface area contributed by atoms with Gasteiger partial charge in [-0.3, -0.25) is 0 Å². The molecule has 2 aromatic rings. The van der Waals surface area contributed by atoms with Crippen LogP contribution in [0.25, 0.3) is 11.3 Å². The molecule has 1 aromatic carbocycles. The second kappa shape index (κ2) is 4.26. The maximum absolute atomic E-state index is 11.3. The number of carbonyl (C=O) groups is 1. The van der Waals surface area contributed by atoms with Crippen molar-refractivity contribution >= 4 is 15.8 Å². The van der Waals surface area contributed by atoms with Crippen LogP contribution < -0.4 is 0 Å². The first-order chi connectivity index (χ1) is 8.38. The summed E-state index contributed by atoms with van der Waals surface area (Å²) in [6, 6.07) is 7.22. The van der Waals surface area contributed by atoms with E-state index >= 15 is 0 Å². The highest BCUT2D eigenvalue weighted by Crippen LogP contribution is 2.21. The molecule has 2 rings (SSSR count). The molecule has 1 N–H and O–H groups in total. The lowest BCUT2D eigenvalue weighted by molar-refractivity contribution is 0.0652. The zero-order valence-corrected chi connectivity index (χ0v) is 10.1. The van der Waals surface area contributed by atoms with Crippen molar-refractivity contribution < 1.29 is 22.8 Å². The molecule has 1 aromatic heterocycles. The minimum Gasteiger partial charge on any atom is -0.475 e. The van der Waals surface area contributed by atoms with Crippen molar-refractivity contribution in [3.8, 4) is 11.3 Å². The zero-order chi connectivity index (χ0) is 13.3. The van der Waals surface area contributed by atoms with E-state index in [-0.39, 0.29) is 10.7 Å². The Balaban J connectivity index is 2.37. The number of hydrogen-bond donors (Lipinski definition) is 1. The SMILES string of the molecule is CS(=O)(=O)c1ccc(-c2cc(C(=O)O)on2)cc1. The van der Waals surface area contributed by atoms with Crippen LogP contribution in [0.5, 0.6) is 0 Å². The molecule has 0 saturated heterocycles. The minimum absolute atomic E-state index is 0.188. The molecule has 7 heteroatoms. The largest absolute Gasteiger partial charge is 0.475 e. The summed E-state index contributed by atoms with van der Waals surface area (Å²) in [6.45, 7) is 0. The lowest BCUT2D eigenvalue weighted by atomic mass is 10.1. The number of carboxylic acids is 1. The summed E-state index contributed by atoms with van der Waals surface area (Å²) in [7, 11) is -3.25. The van der Waals surface area contributed by atoms with Crippen molar-refractivity contribution in [3.05, 3.63) is 36.1 Å². The van der Waals surface area contributed by atoms with Crippen LogP contribution in [0.4, 0.5) is 0 Å². The van der Waals surface area contributed by atoms with Crippen molar-refractivity contribution in [1.82, 2.24) is 5.16 Å². The van der Waals surface area contributed by atoms with Crippen LogP contribution in [0, 0.1) is 0 Å². The van der Waals surface area contributed by atoms with Gasteiger partial charge < -0.3 is 9.63 Å². The third-order valence-corrected chi connectivity index (χ3v) is 3.43. The predicted molar refractivity (Wildman–Crippen MR) is 62.0 cm³/mol. The number of benzene rings is 1. The van der Waals surface area contributed by atoms with Crippen molar-refractivity contribution in [2.24, 2.45) is 0 Å². The lowest BCUT2D eigenvalue weighted by Crippen LogP contribution is -1.96. The van der Waals surface area contributed by atoms with E-state index < -0.39 is 15.8 Å². The maximum atomic E-state index is 11.3. The van der Waals surface area contributed by atoms with Gasteiger partial charge in [0, 0.05) is 17.9 Å². The molecule has 0 aliphatic rings. The highest BCUT2D eigenvalue weighted by molar-refractivity contribution is 7.90. The fourth-order valence-corrected chi connectivity index (χ4v) is 2.02. The lowest BCUT2D eigenvalue weighted by Gasteiger charge is -1.99. The summed E-state index contributed by atoms with van der Waals surface area (Å²) in [5.41, 5.74) is 0.922. The molecule has 0 fully saturated rings. The quantitative estimate of drug-likeness (QED) is 0.903. The molecule has 94 valence electrons. The molecule has 0 amide bonds. The van der Waals surface area contributed by atoms with Gasteiger partial charge in [0.05, 0.1) is 4.90 Å². The first-order valence-corrected chi connectivity index (χ1v) is 6.77. The van der Waals surface area contributed by atoms with Gasteiger partial charge >= 0.3 is 5.97 Å². The second-order valence-corrected chi connectivity index (χ2v) is 5.69. The molecule has 18 heavy (non-hydrogen) atoms. The summed E-state index contributed by atoms with van der Waals surface area (Å²) < 4.78 is 27.1. The second-order valence-electron chi connectivity index (χ2n) is 3.68. The molecule has 0 aliphatic carbocycles. The van der Waals surface area contributed by atoms with Gasteiger partial charge in [-0.1, -0.05) is 17.3 Å². The van der Waals surface area contributed by atoms with Gasteiger partial charge in [0.15, 0.2) is 9.84 Å². The summed E-state index contributed by atoms with van der Waals surface area (Å²) in [4.78, 5) is 10.8. The first kappa shape index (κ1) is 12.3. The molecule has 0 bridgehead atoms. The average molecular weight is 267 g/mol. The molecular formula is C11H9NO5S. The molecule has 0 aliphatic heterocycles. The van der Waals surface area contributed by atoms with Gasteiger partial charge in [0.1, 0.15) is 5.69 Å². The number of carboxylic acid groups (broad SMARTS) is 1. The van der Waals surface area contributed by atoms with Crippen molar-refractivity contribution in [2.75, 3.05) is 6.26 Å². The Hall–Kier alpha value is -2.15. The Morgan fingerprint density at radius 1 is 1.28 bits per heavy atom. The Morgan fingerprint density at radius 2 is 1.89 bits per heavy atom. The van der Waals surface area contributed by atoms with Crippen LogP contribution in [0.1, 0.15) is 10.6 Å². The molecule has 1 heterocycles. The Morgan fingerprint density at radius 3 is 2.33 bits per heavy atom. The molecule has 0 unspecified atom stereocenters. The van der Waals surface area contributed by atoms with Crippen molar-refractivity contribution in [3.63, 3.8) is 0 Å². The topological polar surface area (TPSA) is 97.5 Å². The average Bonchev–Trinajstić information content (AvgIpc) is 2.77. The molecule has 0 saturated carbocycles. The third-order valence-electron chi connectivity index (χ3n) is 2.30. The monoisotopic (exact) mass is 267 g/mol. The Bertz CT molecular complexity index is 684. The van der Waals surface area contributed by atoms with E-state index in [1.165, 1.54) is 18.2 Å². The van der Waals surface area contributed by atoms with Crippen LogP contribution in [-0.4, -0.2) is 30.9 Å². The number of nitrogens with zero attached hydrogens (tertiary/aromatic N) is 1. The molecular weight excluding hydrogens is 258 g/mol. The highest BCUT2D eigenvalue weighted by Gasteiger charge is 2.13. The standard InChI is InChI=1S/C11H9NO5S/c1-18(15,16)8-4-2-7(3-5-8)9-6-10(11(13)14)17-12-9/h2-6H,1H3,(H,13,14). The molecule has 0 atom stereocenters. The van der Waals surface area contributed by atoms with Gasteiger partial charge in [-0.25, -0.2) is 13.2 Å². The van der Waals surface area contributed by atoms with E-state index in [1.54, 1.807) is 12.1 Å². The highest BCUT2D eigenvalue weighted by atomic mass is 32.2. The fraction of sp³-hybridized carbons (Fsp3) is 0.0909. The predicted octanol–water partition coefficient (Wildman–Crippen LogP) is 1.44. The van der Waals surface area contributed by atoms with Gasteiger partial charge in [0.25, 0.3) is 0 Å². The van der Waals surface area contributed by atoms with E-state index in [9.17, 15) is 13.2 Å².